The molecule has 0 amide bonds. The summed E-state index contributed by atoms with van der Waals surface area (Å²) in [5.74, 6) is 1.70. The van der Waals surface area contributed by atoms with E-state index in [1.54, 1.807) is 6.20 Å². The fourth-order valence-electron chi connectivity index (χ4n) is 1.83. The van der Waals surface area contributed by atoms with Crippen LogP contribution in [0, 0.1) is 6.92 Å². The minimum atomic E-state index is 0.627. The smallest absolute Gasteiger partial charge is 0.208 e. The van der Waals surface area contributed by atoms with Crippen LogP contribution in [0.4, 0.5) is 0 Å². The predicted octanol–water partition coefficient (Wildman–Crippen LogP) is 0.777. The van der Waals surface area contributed by atoms with Crippen LogP contribution in [0.15, 0.2) is 10.6 Å². The van der Waals surface area contributed by atoms with E-state index in [4.69, 9.17) is 4.42 Å². The van der Waals surface area contributed by atoms with Gasteiger partial charge in [-0.3, -0.25) is 4.90 Å². The van der Waals surface area contributed by atoms with Gasteiger partial charge < -0.3 is 9.73 Å². The first-order chi connectivity index (χ1) is 6.75. The second kappa shape index (κ2) is 4.11. The van der Waals surface area contributed by atoms with E-state index in [1.165, 1.54) is 6.42 Å². The van der Waals surface area contributed by atoms with Crippen molar-refractivity contribution in [3.63, 3.8) is 0 Å². The Kier molecular flexibility index (Phi) is 2.84. The molecule has 1 saturated heterocycles. The third-order valence-electron chi connectivity index (χ3n) is 2.71. The van der Waals surface area contributed by atoms with Gasteiger partial charge in [0.1, 0.15) is 5.76 Å². The lowest BCUT2D eigenvalue weighted by Gasteiger charge is -2.21. The Morgan fingerprint density at radius 1 is 1.71 bits per heavy atom. The van der Waals surface area contributed by atoms with Crippen LogP contribution in [0.3, 0.4) is 0 Å². The van der Waals surface area contributed by atoms with Crippen LogP contribution in [0.1, 0.15) is 18.1 Å². The third kappa shape index (κ3) is 2.13. The van der Waals surface area contributed by atoms with Crippen LogP contribution in [-0.4, -0.2) is 36.1 Å². The Labute approximate surface area is 84.3 Å². The first kappa shape index (κ1) is 9.68. The summed E-state index contributed by atoms with van der Waals surface area (Å²) in [5.41, 5.74) is 0. The molecular weight excluding hydrogens is 178 g/mol. The highest BCUT2D eigenvalue weighted by Gasteiger charge is 2.20. The number of rotatable bonds is 3. The summed E-state index contributed by atoms with van der Waals surface area (Å²) in [4.78, 5) is 6.50. The van der Waals surface area contributed by atoms with Crippen LogP contribution < -0.4 is 5.32 Å². The van der Waals surface area contributed by atoms with Crippen LogP contribution in [0.25, 0.3) is 0 Å². The lowest BCUT2D eigenvalue weighted by molar-refractivity contribution is 0.223. The lowest BCUT2D eigenvalue weighted by atomic mass is 10.2. The second-order valence-corrected chi connectivity index (χ2v) is 3.93. The summed E-state index contributed by atoms with van der Waals surface area (Å²) in [6, 6.07) is 0.627. The molecule has 4 heteroatoms. The first-order valence-corrected chi connectivity index (χ1v) is 5.08. The van der Waals surface area contributed by atoms with E-state index in [-0.39, 0.29) is 0 Å². The molecule has 1 N–H and O–H groups in total. The number of aryl methyl sites for hydroxylation is 1. The topological polar surface area (TPSA) is 41.3 Å². The van der Waals surface area contributed by atoms with Gasteiger partial charge in [-0.25, -0.2) is 4.98 Å². The van der Waals surface area contributed by atoms with Crippen molar-refractivity contribution in [3.8, 4) is 0 Å². The number of aromatic nitrogens is 1. The molecule has 1 aromatic heterocycles. The van der Waals surface area contributed by atoms with Gasteiger partial charge in [-0.1, -0.05) is 0 Å². The molecule has 2 rings (SSSR count). The first-order valence-electron chi connectivity index (χ1n) is 5.08. The van der Waals surface area contributed by atoms with Gasteiger partial charge in [0.15, 0.2) is 0 Å². The molecule has 0 unspecified atom stereocenters. The maximum absolute atomic E-state index is 5.44. The quantitative estimate of drug-likeness (QED) is 0.773. The molecule has 1 aliphatic heterocycles. The molecule has 0 radical (unpaired) electrons. The van der Waals surface area contributed by atoms with Crippen molar-refractivity contribution >= 4 is 0 Å². The van der Waals surface area contributed by atoms with Crippen LogP contribution in [0.5, 0.6) is 0 Å². The monoisotopic (exact) mass is 195 g/mol. The number of likely N-dealkylation sites (N-methyl/N-ethyl adjacent to an activating group) is 1. The summed E-state index contributed by atoms with van der Waals surface area (Å²) >= 11 is 0. The van der Waals surface area contributed by atoms with Crippen LogP contribution >= 0.6 is 0 Å². The summed E-state index contributed by atoms with van der Waals surface area (Å²) in [6.45, 7) is 4.93. The number of nitrogens with zero attached hydrogens (tertiary/aromatic N) is 2. The van der Waals surface area contributed by atoms with Gasteiger partial charge in [0.2, 0.25) is 5.89 Å². The maximum Gasteiger partial charge on any atom is 0.208 e. The second-order valence-electron chi connectivity index (χ2n) is 3.93. The highest BCUT2D eigenvalue weighted by atomic mass is 16.4. The fraction of sp³-hybridized carbons (Fsp3) is 0.700. The fourth-order valence-corrected chi connectivity index (χ4v) is 1.83. The van der Waals surface area contributed by atoms with Gasteiger partial charge in [-0.15, -0.1) is 0 Å². The van der Waals surface area contributed by atoms with Crippen molar-refractivity contribution < 1.29 is 4.42 Å². The molecule has 0 saturated carbocycles. The van der Waals surface area contributed by atoms with Gasteiger partial charge in [0, 0.05) is 12.6 Å². The highest BCUT2D eigenvalue weighted by molar-refractivity contribution is 4.91. The number of oxazole rings is 1. The zero-order chi connectivity index (χ0) is 9.97. The molecule has 2 heterocycles. The van der Waals surface area contributed by atoms with Gasteiger partial charge in [0.05, 0.1) is 12.7 Å². The maximum atomic E-state index is 5.44. The summed E-state index contributed by atoms with van der Waals surface area (Å²) in [5, 5.41) is 3.35. The average Bonchev–Trinajstić information content (AvgIpc) is 2.75. The predicted molar refractivity (Wildman–Crippen MR) is 54.0 cm³/mol. The number of hydrogen-bond donors (Lipinski definition) is 1. The Morgan fingerprint density at radius 2 is 2.57 bits per heavy atom. The molecule has 1 aromatic rings. The SMILES string of the molecule is Cc1cnc(CN(C)[C@@H]2CCNC2)o1. The molecule has 0 spiro atoms. The van der Waals surface area contributed by atoms with Crippen molar-refractivity contribution in [2.24, 2.45) is 0 Å². The molecule has 4 nitrogen and oxygen atoms in total. The zero-order valence-corrected chi connectivity index (χ0v) is 8.79. The van der Waals surface area contributed by atoms with Crippen LogP contribution in [-0.2, 0) is 6.54 Å². The Hall–Kier alpha value is -0.870. The van der Waals surface area contributed by atoms with Crippen LogP contribution in [0.2, 0.25) is 0 Å². The van der Waals surface area contributed by atoms with E-state index in [0.717, 1.165) is 31.3 Å². The lowest BCUT2D eigenvalue weighted by Crippen LogP contribution is -2.32. The van der Waals surface area contributed by atoms with Gasteiger partial charge in [-0.05, 0) is 26.9 Å². The van der Waals surface area contributed by atoms with Gasteiger partial charge in [-0.2, -0.15) is 0 Å². The molecule has 0 aromatic carbocycles. The zero-order valence-electron chi connectivity index (χ0n) is 8.79. The highest BCUT2D eigenvalue weighted by Crippen LogP contribution is 2.10. The van der Waals surface area contributed by atoms with E-state index in [0.29, 0.717) is 6.04 Å². The van der Waals surface area contributed by atoms with E-state index in [9.17, 15) is 0 Å². The van der Waals surface area contributed by atoms with Crippen molar-refractivity contribution in [1.82, 2.24) is 15.2 Å². The van der Waals surface area contributed by atoms with Gasteiger partial charge >= 0.3 is 0 Å². The van der Waals surface area contributed by atoms with Crippen molar-refractivity contribution in [2.45, 2.75) is 25.9 Å². The molecular formula is C10H17N3O. The van der Waals surface area contributed by atoms with E-state index in [1.807, 2.05) is 6.92 Å². The molecule has 14 heavy (non-hydrogen) atoms. The third-order valence-corrected chi connectivity index (χ3v) is 2.71. The molecule has 78 valence electrons. The van der Waals surface area contributed by atoms with E-state index >= 15 is 0 Å². The average molecular weight is 195 g/mol. The van der Waals surface area contributed by atoms with Gasteiger partial charge in [0.25, 0.3) is 0 Å². The Balaban J connectivity index is 1.90. The molecule has 0 aliphatic carbocycles. The normalized spacial score (nSPS) is 22.1. The molecule has 0 bridgehead atoms. The Morgan fingerprint density at radius 3 is 3.14 bits per heavy atom. The Bertz CT molecular complexity index is 291. The largest absolute Gasteiger partial charge is 0.445 e. The summed E-state index contributed by atoms with van der Waals surface area (Å²) < 4.78 is 5.44. The van der Waals surface area contributed by atoms with E-state index < -0.39 is 0 Å². The summed E-state index contributed by atoms with van der Waals surface area (Å²) in [7, 11) is 2.12. The minimum absolute atomic E-state index is 0.627. The molecule has 1 aliphatic rings. The number of hydrogen-bond acceptors (Lipinski definition) is 4. The van der Waals surface area contributed by atoms with Crippen molar-refractivity contribution in [1.29, 1.82) is 0 Å². The number of nitrogens with one attached hydrogen (secondary N) is 1. The van der Waals surface area contributed by atoms with Crippen molar-refractivity contribution in [3.05, 3.63) is 17.8 Å². The summed E-state index contributed by atoms with van der Waals surface area (Å²) in [6.07, 6.45) is 2.99. The van der Waals surface area contributed by atoms with Crippen molar-refractivity contribution in [2.75, 3.05) is 20.1 Å². The molecule has 1 atom stereocenters. The minimum Gasteiger partial charge on any atom is -0.445 e. The van der Waals surface area contributed by atoms with E-state index in [2.05, 4.69) is 22.2 Å². The molecule has 1 fully saturated rings. The standard InChI is InChI=1S/C10H17N3O/c1-8-5-12-10(14-8)7-13(2)9-3-4-11-6-9/h5,9,11H,3-4,6-7H2,1-2H3/t9-/m1/s1.